The van der Waals surface area contributed by atoms with Crippen molar-refractivity contribution in [3.8, 4) is 21.7 Å². The topological polar surface area (TPSA) is 16.8 Å². The van der Waals surface area contributed by atoms with Crippen LogP contribution in [0.2, 0.25) is 0 Å². The van der Waals surface area contributed by atoms with Gasteiger partial charge in [-0.3, -0.25) is 0 Å². The smallest absolute Gasteiger partial charge is 0.169 e. The maximum atomic E-state index is 4.72. The van der Waals surface area contributed by atoms with Gasteiger partial charge in [-0.15, -0.1) is 11.3 Å². The van der Waals surface area contributed by atoms with E-state index < -0.39 is 0 Å². The van der Waals surface area contributed by atoms with Gasteiger partial charge in [0.25, 0.3) is 0 Å². The molecule has 0 aliphatic carbocycles. The van der Waals surface area contributed by atoms with Crippen molar-refractivity contribution in [2.24, 2.45) is 0 Å². The molecule has 2 nitrogen and oxygen atoms in total. The number of aryl methyl sites for hydroxylation is 1. The normalized spacial score (nSPS) is 10.5. The van der Waals surface area contributed by atoms with Gasteiger partial charge in [-0.2, -0.15) is 0 Å². The molecular weight excluding hydrogens is 380 g/mol. The second kappa shape index (κ2) is 7.24. The predicted molar refractivity (Wildman–Crippen MR) is 96.4 cm³/mol. The van der Waals surface area contributed by atoms with E-state index in [1.807, 2.05) is 6.07 Å². The quantitative estimate of drug-likeness (QED) is 0.483. The summed E-state index contributed by atoms with van der Waals surface area (Å²) in [5, 5.41) is 1.08. The van der Waals surface area contributed by atoms with E-state index in [0.29, 0.717) is 0 Å². The Morgan fingerprint density at radius 1 is 0.833 bits per heavy atom. The lowest BCUT2D eigenvalue weighted by Crippen LogP contribution is -3.00. The highest BCUT2D eigenvalue weighted by atomic mass is 79.9. The summed E-state index contributed by atoms with van der Waals surface area (Å²) in [4.78, 5) is 4.72. The second-order valence-electron chi connectivity index (χ2n) is 5.48. The minimum atomic E-state index is 0. The van der Waals surface area contributed by atoms with Gasteiger partial charge in [0, 0.05) is 17.7 Å². The summed E-state index contributed by atoms with van der Waals surface area (Å²) in [5.41, 5.74) is 4.72. The Hall–Kier alpha value is -2.04. The molecule has 120 valence electrons. The van der Waals surface area contributed by atoms with Crippen LogP contribution in [0.1, 0.15) is 6.92 Å². The van der Waals surface area contributed by atoms with E-state index in [1.165, 1.54) is 21.4 Å². The van der Waals surface area contributed by atoms with Crippen molar-refractivity contribution >= 4 is 21.6 Å². The number of hydrogen-bond donors (Lipinski definition) is 0. The first kappa shape index (κ1) is 16.8. The zero-order valence-electron chi connectivity index (χ0n) is 13.3. The van der Waals surface area contributed by atoms with E-state index in [2.05, 4.69) is 78.5 Å². The largest absolute Gasteiger partial charge is 1.00 e. The third-order valence-electron chi connectivity index (χ3n) is 4.02. The van der Waals surface area contributed by atoms with E-state index >= 15 is 0 Å². The maximum Gasteiger partial charge on any atom is 0.169 e. The lowest BCUT2D eigenvalue weighted by molar-refractivity contribution is -0.693. The third-order valence-corrected chi connectivity index (χ3v) is 5.10. The molecule has 0 fully saturated rings. The highest BCUT2D eigenvalue weighted by molar-refractivity contribution is 7.21. The molecule has 24 heavy (non-hydrogen) atoms. The van der Waals surface area contributed by atoms with Gasteiger partial charge in [0.2, 0.25) is 0 Å². The number of benzene rings is 2. The molecule has 0 aliphatic heterocycles. The summed E-state index contributed by atoms with van der Waals surface area (Å²) in [7, 11) is 0. The van der Waals surface area contributed by atoms with Gasteiger partial charge in [0.1, 0.15) is 11.6 Å². The molecule has 0 saturated carbocycles. The van der Waals surface area contributed by atoms with Crippen LogP contribution >= 0.6 is 11.3 Å². The minimum Gasteiger partial charge on any atom is -1.00 e. The van der Waals surface area contributed by atoms with Crippen LogP contribution in [0, 0.1) is 0 Å². The number of halogens is 1. The first-order valence-electron chi connectivity index (χ1n) is 7.79. The number of aromatic nitrogens is 2. The molecular formula is C20H17BrN2S. The highest BCUT2D eigenvalue weighted by Crippen LogP contribution is 2.31. The first-order chi connectivity index (χ1) is 11.3. The molecule has 0 atom stereocenters. The van der Waals surface area contributed by atoms with Crippen LogP contribution in [0.15, 0.2) is 73.1 Å². The fraction of sp³-hybridized carbons (Fsp3) is 0.100. The fourth-order valence-corrected chi connectivity index (χ4v) is 3.63. The first-order valence-corrected chi connectivity index (χ1v) is 8.60. The van der Waals surface area contributed by atoms with Crippen molar-refractivity contribution in [1.82, 2.24) is 4.98 Å². The number of nitrogens with zero attached hydrogens (tertiary/aromatic N) is 2. The van der Waals surface area contributed by atoms with Crippen molar-refractivity contribution in [3.05, 3.63) is 73.1 Å². The van der Waals surface area contributed by atoms with Crippen molar-refractivity contribution in [3.63, 3.8) is 0 Å². The van der Waals surface area contributed by atoms with Gasteiger partial charge in [0.05, 0.1) is 10.2 Å². The van der Waals surface area contributed by atoms with Crippen molar-refractivity contribution in [2.75, 3.05) is 0 Å². The Morgan fingerprint density at radius 3 is 2.12 bits per heavy atom. The molecule has 0 radical (unpaired) electrons. The molecule has 2 aromatic heterocycles. The van der Waals surface area contributed by atoms with Crippen molar-refractivity contribution in [1.29, 1.82) is 0 Å². The van der Waals surface area contributed by atoms with Crippen LogP contribution in [0.3, 0.4) is 0 Å². The summed E-state index contributed by atoms with van der Waals surface area (Å²) in [6, 6.07) is 21.3. The summed E-state index contributed by atoms with van der Waals surface area (Å²) in [6.07, 6.45) is 4.24. The summed E-state index contributed by atoms with van der Waals surface area (Å²) in [5.74, 6) is 0. The SMILES string of the molecule is CC[n+]1ccc(-c2ccc(-c3nc4ccccc4s3)cc2)cc1.[Br-]. The van der Waals surface area contributed by atoms with Crippen LogP contribution < -0.4 is 21.5 Å². The standard InChI is InChI=1S/C20H17N2S.BrH/c1-2-22-13-11-16(12-14-22)15-7-9-17(10-8-15)20-21-18-5-3-4-6-19(18)23-20;/h3-14H,2H2,1H3;1H/q+1;/p-1. The van der Waals surface area contributed by atoms with Crippen LogP contribution in [-0.4, -0.2) is 4.98 Å². The number of thiazole rings is 1. The van der Waals surface area contributed by atoms with Crippen LogP contribution in [0.25, 0.3) is 31.9 Å². The highest BCUT2D eigenvalue weighted by Gasteiger charge is 2.07. The Balaban J connectivity index is 0.00000169. The zero-order chi connectivity index (χ0) is 15.6. The Morgan fingerprint density at radius 2 is 1.46 bits per heavy atom. The van der Waals surface area contributed by atoms with Crippen molar-refractivity contribution < 1.29 is 21.5 Å². The average Bonchev–Trinajstić information content (AvgIpc) is 3.06. The van der Waals surface area contributed by atoms with E-state index in [1.54, 1.807) is 11.3 Å². The number of rotatable bonds is 3. The zero-order valence-corrected chi connectivity index (χ0v) is 15.7. The van der Waals surface area contributed by atoms with E-state index in [-0.39, 0.29) is 17.0 Å². The van der Waals surface area contributed by atoms with Gasteiger partial charge >= 0.3 is 0 Å². The molecule has 0 N–H and O–H groups in total. The van der Waals surface area contributed by atoms with Crippen LogP contribution in [-0.2, 0) is 6.54 Å². The predicted octanol–water partition coefficient (Wildman–Crippen LogP) is 1.94. The molecule has 0 unspecified atom stereocenters. The third kappa shape index (κ3) is 3.25. The van der Waals surface area contributed by atoms with Gasteiger partial charge in [0.15, 0.2) is 12.4 Å². The van der Waals surface area contributed by atoms with Crippen molar-refractivity contribution in [2.45, 2.75) is 13.5 Å². The number of fused-ring (bicyclic) bond motifs is 1. The molecule has 4 rings (SSSR count). The molecule has 2 aromatic carbocycles. The van der Waals surface area contributed by atoms with E-state index in [0.717, 1.165) is 17.1 Å². The van der Waals surface area contributed by atoms with E-state index in [4.69, 9.17) is 4.98 Å². The molecule has 0 bridgehead atoms. The summed E-state index contributed by atoms with van der Waals surface area (Å²) in [6.45, 7) is 3.14. The van der Waals surface area contributed by atoms with E-state index in [9.17, 15) is 0 Å². The second-order valence-corrected chi connectivity index (χ2v) is 6.51. The monoisotopic (exact) mass is 396 g/mol. The molecule has 0 spiro atoms. The summed E-state index contributed by atoms with van der Waals surface area (Å²) < 4.78 is 3.40. The average molecular weight is 397 g/mol. The molecule has 4 heteroatoms. The van der Waals surface area contributed by atoms with Crippen LogP contribution in [0.4, 0.5) is 0 Å². The molecule has 0 amide bonds. The molecule has 0 saturated heterocycles. The molecule has 4 aromatic rings. The summed E-state index contributed by atoms with van der Waals surface area (Å²) >= 11 is 1.74. The van der Waals surface area contributed by atoms with Gasteiger partial charge < -0.3 is 17.0 Å². The van der Waals surface area contributed by atoms with Crippen LogP contribution in [0.5, 0.6) is 0 Å². The molecule has 0 aliphatic rings. The lowest BCUT2D eigenvalue weighted by atomic mass is 10.1. The van der Waals surface area contributed by atoms with Gasteiger partial charge in [-0.05, 0) is 30.2 Å². The minimum absolute atomic E-state index is 0. The van der Waals surface area contributed by atoms with Gasteiger partial charge in [-0.25, -0.2) is 9.55 Å². The lowest BCUT2D eigenvalue weighted by Gasteiger charge is -2.02. The van der Waals surface area contributed by atoms with Gasteiger partial charge in [-0.1, -0.05) is 36.4 Å². The number of para-hydroxylation sites is 1. The Kier molecular flexibility index (Phi) is 5.07. The Bertz CT molecular complexity index is 910. The fourth-order valence-electron chi connectivity index (χ4n) is 2.66. The molecule has 2 heterocycles. The number of pyridine rings is 1. The maximum absolute atomic E-state index is 4.72. The Labute approximate surface area is 156 Å². The number of hydrogen-bond acceptors (Lipinski definition) is 2.